The maximum atomic E-state index is 10.2. The molecule has 0 aliphatic rings. The molecule has 0 atom stereocenters. The van der Waals surface area contributed by atoms with Crippen molar-refractivity contribution >= 4 is 6.29 Å². The standard InChI is InChI=1S/C10H16O/c1-9(8-11)6-5-7-10(2,3)4/h5-8H,1-4H3/b7-5+,9-6-. The van der Waals surface area contributed by atoms with Crippen molar-refractivity contribution in [3.05, 3.63) is 23.8 Å². The van der Waals surface area contributed by atoms with Crippen molar-refractivity contribution in [1.82, 2.24) is 0 Å². The van der Waals surface area contributed by atoms with Crippen LogP contribution in [0.3, 0.4) is 0 Å². The molecule has 0 aromatic heterocycles. The Hall–Kier alpha value is -0.850. The van der Waals surface area contributed by atoms with Gasteiger partial charge in [0, 0.05) is 0 Å². The summed E-state index contributed by atoms with van der Waals surface area (Å²) >= 11 is 0. The van der Waals surface area contributed by atoms with Crippen LogP contribution < -0.4 is 0 Å². The highest BCUT2D eigenvalue weighted by Gasteiger charge is 2.01. The van der Waals surface area contributed by atoms with Gasteiger partial charge >= 0.3 is 0 Å². The maximum absolute atomic E-state index is 10.2. The largest absolute Gasteiger partial charge is 0.298 e. The Morgan fingerprint density at radius 3 is 2.18 bits per heavy atom. The minimum atomic E-state index is 0.194. The lowest BCUT2D eigenvalue weighted by Crippen LogP contribution is -1.97. The van der Waals surface area contributed by atoms with Gasteiger partial charge in [0.15, 0.2) is 0 Å². The molecule has 0 aromatic carbocycles. The third-order valence-electron chi connectivity index (χ3n) is 1.14. The van der Waals surface area contributed by atoms with Crippen molar-refractivity contribution in [2.45, 2.75) is 27.7 Å². The highest BCUT2D eigenvalue weighted by Crippen LogP contribution is 2.14. The molecule has 62 valence electrons. The number of carbonyl (C=O) groups excluding carboxylic acids is 1. The summed E-state index contributed by atoms with van der Waals surface area (Å²) in [5, 5.41) is 0. The molecule has 0 amide bonds. The lowest BCUT2D eigenvalue weighted by molar-refractivity contribution is -0.104. The van der Waals surface area contributed by atoms with Crippen LogP contribution in [0.5, 0.6) is 0 Å². The summed E-state index contributed by atoms with van der Waals surface area (Å²) in [6, 6.07) is 0. The van der Waals surface area contributed by atoms with Gasteiger partial charge in [-0.3, -0.25) is 4.79 Å². The normalized spacial score (nSPS) is 14.0. The first-order chi connectivity index (χ1) is 4.95. The molecular weight excluding hydrogens is 136 g/mol. The number of hydrogen-bond acceptors (Lipinski definition) is 1. The molecular formula is C10H16O. The second kappa shape index (κ2) is 4.12. The zero-order valence-corrected chi connectivity index (χ0v) is 7.72. The molecule has 0 rings (SSSR count). The van der Waals surface area contributed by atoms with E-state index in [1.165, 1.54) is 0 Å². The van der Waals surface area contributed by atoms with Crippen molar-refractivity contribution in [3.8, 4) is 0 Å². The summed E-state index contributed by atoms with van der Waals surface area (Å²) in [6.07, 6.45) is 6.66. The number of hydrogen-bond donors (Lipinski definition) is 0. The molecule has 0 aliphatic carbocycles. The Morgan fingerprint density at radius 2 is 1.82 bits per heavy atom. The summed E-state index contributed by atoms with van der Waals surface area (Å²) in [5.41, 5.74) is 0.949. The van der Waals surface area contributed by atoms with Gasteiger partial charge in [-0.1, -0.05) is 39.0 Å². The van der Waals surface area contributed by atoms with Gasteiger partial charge in [-0.05, 0) is 17.9 Å². The molecule has 0 aromatic rings. The molecule has 0 aliphatic heterocycles. The first-order valence-electron chi connectivity index (χ1n) is 3.77. The minimum Gasteiger partial charge on any atom is -0.298 e. The highest BCUT2D eigenvalue weighted by atomic mass is 16.1. The molecule has 0 heterocycles. The van der Waals surface area contributed by atoms with Crippen molar-refractivity contribution in [2.75, 3.05) is 0 Å². The van der Waals surface area contributed by atoms with Gasteiger partial charge in [0.1, 0.15) is 6.29 Å². The third kappa shape index (κ3) is 7.04. The molecule has 1 nitrogen and oxygen atoms in total. The lowest BCUT2D eigenvalue weighted by atomic mass is 9.96. The Bertz CT molecular complexity index is 180. The van der Waals surface area contributed by atoms with Crippen LogP contribution in [-0.2, 0) is 4.79 Å². The molecule has 0 spiro atoms. The summed E-state index contributed by atoms with van der Waals surface area (Å²) < 4.78 is 0. The van der Waals surface area contributed by atoms with Crippen LogP contribution in [0.25, 0.3) is 0 Å². The average Bonchev–Trinajstić information content (AvgIpc) is 1.85. The summed E-state index contributed by atoms with van der Waals surface area (Å²) in [5.74, 6) is 0. The fourth-order valence-corrected chi connectivity index (χ4v) is 0.528. The summed E-state index contributed by atoms with van der Waals surface area (Å²) in [4.78, 5) is 10.2. The van der Waals surface area contributed by atoms with Crippen LogP contribution in [0.4, 0.5) is 0 Å². The molecule has 0 bridgehead atoms. The van der Waals surface area contributed by atoms with Gasteiger partial charge in [0.25, 0.3) is 0 Å². The van der Waals surface area contributed by atoms with Crippen molar-refractivity contribution in [2.24, 2.45) is 5.41 Å². The van der Waals surface area contributed by atoms with Crippen LogP contribution in [-0.4, -0.2) is 6.29 Å². The monoisotopic (exact) mass is 152 g/mol. The smallest absolute Gasteiger partial charge is 0.145 e. The van der Waals surface area contributed by atoms with Crippen LogP contribution >= 0.6 is 0 Å². The number of carbonyl (C=O) groups is 1. The van der Waals surface area contributed by atoms with Crippen LogP contribution in [0.1, 0.15) is 27.7 Å². The molecule has 0 fully saturated rings. The van der Waals surface area contributed by atoms with E-state index in [9.17, 15) is 4.79 Å². The zero-order valence-electron chi connectivity index (χ0n) is 7.72. The number of rotatable bonds is 2. The lowest BCUT2D eigenvalue weighted by Gasteiger charge is -2.09. The molecule has 0 saturated carbocycles. The van der Waals surface area contributed by atoms with Gasteiger partial charge < -0.3 is 0 Å². The number of aldehydes is 1. The van der Waals surface area contributed by atoms with E-state index in [2.05, 4.69) is 26.8 Å². The van der Waals surface area contributed by atoms with Gasteiger partial charge in [0.2, 0.25) is 0 Å². The van der Waals surface area contributed by atoms with E-state index in [4.69, 9.17) is 0 Å². The average molecular weight is 152 g/mol. The minimum absolute atomic E-state index is 0.194. The van der Waals surface area contributed by atoms with Crippen molar-refractivity contribution in [3.63, 3.8) is 0 Å². The van der Waals surface area contributed by atoms with Crippen LogP contribution in [0.2, 0.25) is 0 Å². The van der Waals surface area contributed by atoms with E-state index in [1.807, 2.05) is 12.2 Å². The van der Waals surface area contributed by atoms with Crippen molar-refractivity contribution < 1.29 is 4.79 Å². The van der Waals surface area contributed by atoms with Gasteiger partial charge in [-0.15, -0.1) is 0 Å². The Morgan fingerprint density at radius 1 is 1.27 bits per heavy atom. The van der Waals surface area contributed by atoms with Gasteiger partial charge in [-0.25, -0.2) is 0 Å². The van der Waals surface area contributed by atoms with Gasteiger partial charge in [-0.2, -0.15) is 0 Å². The quantitative estimate of drug-likeness (QED) is 0.338. The Kier molecular flexibility index (Phi) is 3.80. The van der Waals surface area contributed by atoms with Crippen LogP contribution in [0.15, 0.2) is 23.8 Å². The van der Waals surface area contributed by atoms with E-state index in [1.54, 1.807) is 6.92 Å². The molecule has 0 radical (unpaired) electrons. The van der Waals surface area contributed by atoms with Crippen LogP contribution in [0, 0.1) is 5.41 Å². The predicted molar refractivity (Wildman–Crippen MR) is 48.4 cm³/mol. The molecule has 11 heavy (non-hydrogen) atoms. The first kappa shape index (κ1) is 10.2. The molecule has 1 heteroatoms. The topological polar surface area (TPSA) is 17.1 Å². The summed E-state index contributed by atoms with van der Waals surface area (Å²) in [7, 11) is 0. The SMILES string of the molecule is C/C(C=O)=C/C=C/C(C)(C)C. The van der Waals surface area contributed by atoms with Gasteiger partial charge in [0.05, 0.1) is 0 Å². The Labute approximate surface area is 68.8 Å². The second-order valence-electron chi connectivity index (χ2n) is 3.75. The molecule has 0 unspecified atom stereocenters. The fourth-order valence-electron chi connectivity index (χ4n) is 0.528. The Balaban J connectivity index is 4.06. The van der Waals surface area contributed by atoms with E-state index in [-0.39, 0.29) is 5.41 Å². The maximum Gasteiger partial charge on any atom is 0.145 e. The third-order valence-corrected chi connectivity index (χ3v) is 1.14. The molecule has 0 saturated heterocycles. The summed E-state index contributed by atoms with van der Waals surface area (Å²) in [6.45, 7) is 8.15. The van der Waals surface area contributed by atoms with E-state index >= 15 is 0 Å². The highest BCUT2D eigenvalue weighted by molar-refractivity contribution is 5.72. The molecule has 0 N–H and O–H groups in total. The van der Waals surface area contributed by atoms with E-state index in [0.717, 1.165) is 11.9 Å². The zero-order chi connectivity index (χ0) is 8.91. The van der Waals surface area contributed by atoms with E-state index < -0.39 is 0 Å². The second-order valence-corrected chi connectivity index (χ2v) is 3.75. The predicted octanol–water partition coefficient (Wildman–Crippen LogP) is 2.73. The van der Waals surface area contributed by atoms with E-state index in [0.29, 0.717) is 0 Å². The fraction of sp³-hybridized carbons (Fsp3) is 0.500. The number of allylic oxidation sites excluding steroid dienone is 4. The van der Waals surface area contributed by atoms with Crippen molar-refractivity contribution in [1.29, 1.82) is 0 Å². The first-order valence-corrected chi connectivity index (χ1v) is 3.77.